The van der Waals surface area contributed by atoms with E-state index in [0.717, 1.165) is 12.5 Å². The molecule has 0 aliphatic heterocycles. The summed E-state index contributed by atoms with van der Waals surface area (Å²) >= 11 is 0. The Bertz CT molecular complexity index is 413. The molecule has 17 heavy (non-hydrogen) atoms. The lowest BCUT2D eigenvalue weighted by atomic mass is 9.93. The van der Waals surface area contributed by atoms with Crippen LogP contribution in [0.15, 0.2) is 12.3 Å². The van der Waals surface area contributed by atoms with Gasteiger partial charge < -0.3 is 9.84 Å². The van der Waals surface area contributed by atoms with E-state index in [1.165, 1.54) is 6.20 Å². The highest BCUT2D eigenvalue weighted by molar-refractivity contribution is 5.88. The molecule has 0 atom stereocenters. The Kier molecular flexibility index (Phi) is 4.04. The Hall–Kier alpha value is -1.65. The van der Waals surface area contributed by atoms with Crippen molar-refractivity contribution in [1.82, 2.24) is 4.98 Å². The molecule has 1 heterocycles. The SMILES string of the molecule is CC(C)(C)CCOc1nccc(C(=O)O)c1F. The van der Waals surface area contributed by atoms with E-state index in [9.17, 15) is 9.18 Å². The van der Waals surface area contributed by atoms with Crippen molar-refractivity contribution in [2.24, 2.45) is 5.41 Å². The zero-order chi connectivity index (χ0) is 13.1. The summed E-state index contributed by atoms with van der Waals surface area (Å²) in [4.78, 5) is 14.4. The van der Waals surface area contributed by atoms with Crippen LogP contribution >= 0.6 is 0 Å². The van der Waals surface area contributed by atoms with Gasteiger partial charge in [0, 0.05) is 6.20 Å². The molecule has 0 aliphatic rings. The van der Waals surface area contributed by atoms with E-state index in [1.807, 2.05) is 20.8 Å². The first-order chi connectivity index (χ1) is 7.81. The lowest BCUT2D eigenvalue weighted by molar-refractivity contribution is 0.0690. The fourth-order valence-electron chi connectivity index (χ4n) is 1.14. The van der Waals surface area contributed by atoms with Gasteiger partial charge in [-0.2, -0.15) is 0 Å². The highest BCUT2D eigenvalue weighted by Gasteiger charge is 2.17. The molecule has 1 aromatic heterocycles. The molecule has 0 aromatic carbocycles. The van der Waals surface area contributed by atoms with Crippen molar-refractivity contribution in [2.45, 2.75) is 27.2 Å². The number of carbonyl (C=O) groups is 1. The molecule has 0 bridgehead atoms. The van der Waals surface area contributed by atoms with E-state index >= 15 is 0 Å². The second-order valence-electron chi connectivity index (χ2n) is 4.94. The number of carboxylic acids is 1. The van der Waals surface area contributed by atoms with Gasteiger partial charge in [-0.3, -0.25) is 0 Å². The van der Waals surface area contributed by atoms with Crippen LogP contribution in [0, 0.1) is 11.2 Å². The third-order valence-electron chi connectivity index (χ3n) is 2.18. The van der Waals surface area contributed by atoms with Gasteiger partial charge in [0.15, 0.2) is 5.82 Å². The van der Waals surface area contributed by atoms with Gasteiger partial charge in [-0.05, 0) is 17.9 Å². The average Bonchev–Trinajstić information content (AvgIpc) is 2.18. The number of nitrogens with zero attached hydrogens (tertiary/aromatic N) is 1. The minimum absolute atomic E-state index is 0.0703. The zero-order valence-corrected chi connectivity index (χ0v) is 10.2. The Balaban J connectivity index is 2.72. The van der Waals surface area contributed by atoms with Crippen molar-refractivity contribution in [3.63, 3.8) is 0 Å². The Morgan fingerprint density at radius 2 is 2.18 bits per heavy atom. The molecule has 94 valence electrons. The van der Waals surface area contributed by atoms with E-state index in [-0.39, 0.29) is 11.3 Å². The third-order valence-corrected chi connectivity index (χ3v) is 2.18. The topological polar surface area (TPSA) is 59.4 Å². The van der Waals surface area contributed by atoms with Crippen molar-refractivity contribution in [3.05, 3.63) is 23.6 Å². The highest BCUT2D eigenvalue weighted by atomic mass is 19.1. The second kappa shape index (κ2) is 5.12. The number of carboxylic acid groups (broad SMARTS) is 1. The summed E-state index contributed by atoms with van der Waals surface area (Å²) in [6.07, 6.45) is 1.95. The predicted octanol–water partition coefficient (Wildman–Crippen LogP) is 2.73. The van der Waals surface area contributed by atoms with Gasteiger partial charge in [0.05, 0.1) is 6.61 Å². The van der Waals surface area contributed by atoms with Crippen LogP contribution in [-0.4, -0.2) is 22.7 Å². The Morgan fingerprint density at radius 1 is 1.53 bits per heavy atom. The molecule has 0 amide bonds. The molecule has 0 aliphatic carbocycles. The maximum absolute atomic E-state index is 13.6. The van der Waals surface area contributed by atoms with E-state index in [4.69, 9.17) is 9.84 Å². The van der Waals surface area contributed by atoms with Crippen LogP contribution in [-0.2, 0) is 0 Å². The number of hydrogen-bond donors (Lipinski definition) is 1. The summed E-state index contributed by atoms with van der Waals surface area (Å²) in [5.74, 6) is -2.51. The Labute approximate surface area is 99.4 Å². The summed E-state index contributed by atoms with van der Waals surface area (Å²) in [6, 6.07) is 1.11. The van der Waals surface area contributed by atoms with Gasteiger partial charge in [0.1, 0.15) is 5.56 Å². The van der Waals surface area contributed by atoms with E-state index in [2.05, 4.69) is 4.98 Å². The standard InChI is InChI=1S/C12H16FNO3/c1-12(2,3)5-7-17-10-9(13)8(11(15)16)4-6-14-10/h4,6H,5,7H2,1-3H3,(H,15,16). The number of pyridine rings is 1. The minimum atomic E-state index is -1.33. The van der Waals surface area contributed by atoms with Crippen LogP contribution in [0.2, 0.25) is 0 Å². The number of halogens is 1. The van der Waals surface area contributed by atoms with E-state index in [0.29, 0.717) is 6.61 Å². The quantitative estimate of drug-likeness (QED) is 0.880. The Morgan fingerprint density at radius 3 is 2.71 bits per heavy atom. The molecular formula is C12H16FNO3. The minimum Gasteiger partial charge on any atom is -0.478 e. The summed E-state index contributed by atoms with van der Waals surface area (Å²) in [5.41, 5.74) is -0.355. The van der Waals surface area contributed by atoms with Crippen LogP contribution in [0.5, 0.6) is 5.88 Å². The van der Waals surface area contributed by atoms with Gasteiger partial charge in [0.2, 0.25) is 0 Å². The van der Waals surface area contributed by atoms with E-state index < -0.39 is 17.3 Å². The maximum atomic E-state index is 13.6. The normalized spacial score (nSPS) is 11.3. The van der Waals surface area contributed by atoms with Crippen LogP contribution in [0.1, 0.15) is 37.6 Å². The van der Waals surface area contributed by atoms with Crippen LogP contribution < -0.4 is 4.74 Å². The van der Waals surface area contributed by atoms with Crippen molar-refractivity contribution >= 4 is 5.97 Å². The zero-order valence-electron chi connectivity index (χ0n) is 10.2. The number of aromatic nitrogens is 1. The van der Waals surface area contributed by atoms with Gasteiger partial charge >= 0.3 is 5.97 Å². The fourth-order valence-corrected chi connectivity index (χ4v) is 1.14. The van der Waals surface area contributed by atoms with Crippen LogP contribution in [0.4, 0.5) is 4.39 Å². The van der Waals surface area contributed by atoms with Gasteiger partial charge in [-0.25, -0.2) is 14.2 Å². The van der Waals surface area contributed by atoms with E-state index in [1.54, 1.807) is 0 Å². The fraction of sp³-hybridized carbons (Fsp3) is 0.500. The first kappa shape index (κ1) is 13.4. The first-order valence-corrected chi connectivity index (χ1v) is 5.32. The lowest BCUT2D eigenvalue weighted by Gasteiger charge is -2.17. The lowest BCUT2D eigenvalue weighted by Crippen LogP contribution is -2.13. The highest BCUT2D eigenvalue weighted by Crippen LogP contribution is 2.21. The van der Waals surface area contributed by atoms with Crippen molar-refractivity contribution < 1.29 is 19.0 Å². The number of aromatic carboxylic acids is 1. The average molecular weight is 241 g/mol. The summed E-state index contributed by atoms with van der Waals surface area (Å²) < 4.78 is 18.7. The molecule has 0 saturated heterocycles. The molecule has 0 spiro atoms. The van der Waals surface area contributed by atoms with Crippen LogP contribution in [0.25, 0.3) is 0 Å². The molecule has 1 rings (SSSR count). The third kappa shape index (κ3) is 4.01. The molecular weight excluding hydrogens is 225 g/mol. The summed E-state index contributed by atoms with van der Waals surface area (Å²) in [5, 5.41) is 8.72. The molecule has 1 aromatic rings. The second-order valence-corrected chi connectivity index (χ2v) is 4.94. The number of ether oxygens (including phenoxy) is 1. The monoisotopic (exact) mass is 241 g/mol. The molecule has 4 nitrogen and oxygen atoms in total. The van der Waals surface area contributed by atoms with Crippen molar-refractivity contribution in [1.29, 1.82) is 0 Å². The summed E-state index contributed by atoms with van der Waals surface area (Å²) in [6.45, 7) is 6.41. The smallest absolute Gasteiger partial charge is 0.338 e. The molecule has 0 unspecified atom stereocenters. The maximum Gasteiger partial charge on any atom is 0.338 e. The molecule has 0 fully saturated rings. The predicted molar refractivity (Wildman–Crippen MR) is 60.7 cm³/mol. The number of rotatable bonds is 4. The largest absolute Gasteiger partial charge is 0.478 e. The number of hydrogen-bond acceptors (Lipinski definition) is 3. The van der Waals surface area contributed by atoms with Gasteiger partial charge in [-0.15, -0.1) is 0 Å². The van der Waals surface area contributed by atoms with Crippen molar-refractivity contribution in [2.75, 3.05) is 6.61 Å². The molecule has 0 saturated carbocycles. The van der Waals surface area contributed by atoms with Crippen molar-refractivity contribution in [3.8, 4) is 5.88 Å². The summed E-state index contributed by atoms with van der Waals surface area (Å²) in [7, 11) is 0. The molecule has 0 radical (unpaired) electrons. The van der Waals surface area contributed by atoms with Gasteiger partial charge in [-0.1, -0.05) is 20.8 Å². The molecule has 1 N–H and O–H groups in total. The van der Waals surface area contributed by atoms with Gasteiger partial charge in [0.25, 0.3) is 5.88 Å². The first-order valence-electron chi connectivity index (χ1n) is 5.32. The van der Waals surface area contributed by atoms with Crippen LogP contribution in [0.3, 0.4) is 0 Å². The molecule has 5 heteroatoms.